The van der Waals surface area contributed by atoms with Crippen LogP contribution in [-0.2, 0) is 11.2 Å². The molecule has 0 unspecified atom stereocenters. The number of fused-ring (bicyclic) bond motifs is 1. The highest BCUT2D eigenvalue weighted by molar-refractivity contribution is 5.79. The Labute approximate surface area is 144 Å². The minimum Gasteiger partial charge on any atom is -0.454 e. The topological polar surface area (TPSA) is 64.1 Å². The van der Waals surface area contributed by atoms with Crippen LogP contribution >= 0.6 is 0 Å². The molecule has 6 nitrogen and oxygen atoms in total. The molecule has 1 aromatic carbocycles. The minimum atomic E-state index is 0.314. The Kier molecular flexibility index (Phi) is 7.68. The van der Waals surface area contributed by atoms with Crippen molar-refractivity contribution >= 4 is 5.96 Å². The first-order valence-electron chi connectivity index (χ1n) is 8.60. The van der Waals surface area contributed by atoms with Gasteiger partial charge in [-0.3, -0.25) is 4.99 Å². The average Bonchev–Trinajstić information content (AvgIpc) is 3.03. The summed E-state index contributed by atoms with van der Waals surface area (Å²) in [5.74, 6) is 3.06. The van der Waals surface area contributed by atoms with Crippen LogP contribution in [-0.4, -0.2) is 46.1 Å². The minimum absolute atomic E-state index is 0.314. The second kappa shape index (κ2) is 10.0. The van der Waals surface area contributed by atoms with Gasteiger partial charge in [-0.05, 0) is 36.5 Å². The molecule has 0 atom stereocenters. The van der Waals surface area contributed by atoms with Crippen LogP contribution in [0, 0.1) is 5.92 Å². The molecule has 6 heteroatoms. The van der Waals surface area contributed by atoms with Gasteiger partial charge in [0.25, 0.3) is 0 Å². The highest BCUT2D eigenvalue weighted by Crippen LogP contribution is 2.32. The molecular weight excluding hydrogens is 306 g/mol. The molecule has 0 fully saturated rings. The molecule has 0 radical (unpaired) electrons. The normalized spacial score (nSPS) is 13.4. The smallest absolute Gasteiger partial charge is 0.231 e. The third-order valence-corrected chi connectivity index (χ3v) is 3.58. The lowest BCUT2D eigenvalue weighted by atomic mass is 10.1. The van der Waals surface area contributed by atoms with E-state index in [1.165, 1.54) is 5.56 Å². The average molecular weight is 335 g/mol. The fourth-order valence-electron chi connectivity index (χ4n) is 2.34. The zero-order valence-electron chi connectivity index (χ0n) is 14.9. The number of ether oxygens (including phenoxy) is 3. The third kappa shape index (κ3) is 6.28. The fraction of sp³-hybridized carbons (Fsp3) is 0.611. The first-order valence-corrected chi connectivity index (χ1v) is 8.60. The Hall–Kier alpha value is -1.95. The molecule has 0 aromatic heterocycles. The van der Waals surface area contributed by atoms with Gasteiger partial charge in [0.15, 0.2) is 17.5 Å². The standard InChI is InChI=1S/C18H29N3O3/c1-14(2)12-22-10-4-8-20-18(19-3)21-9-7-15-5-6-16-17(11-15)24-13-23-16/h5-6,11,14H,4,7-10,12-13H2,1-3H3,(H2,19,20,21). The predicted molar refractivity (Wildman–Crippen MR) is 95.9 cm³/mol. The Balaban J connectivity index is 1.60. The van der Waals surface area contributed by atoms with E-state index < -0.39 is 0 Å². The van der Waals surface area contributed by atoms with Crippen molar-refractivity contribution in [3.05, 3.63) is 23.8 Å². The summed E-state index contributed by atoms with van der Waals surface area (Å²) in [4.78, 5) is 4.23. The molecule has 0 saturated carbocycles. The molecule has 1 aliphatic heterocycles. The van der Waals surface area contributed by atoms with Crippen LogP contribution in [0.5, 0.6) is 11.5 Å². The molecule has 134 valence electrons. The highest BCUT2D eigenvalue weighted by Gasteiger charge is 2.12. The van der Waals surface area contributed by atoms with Crippen LogP contribution in [0.25, 0.3) is 0 Å². The van der Waals surface area contributed by atoms with E-state index in [4.69, 9.17) is 14.2 Å². The van der Waals surface area contributed by atoms with E-state index >= 15 is 0 Å². The lowest BCUT2D eigenvalue weighted by Crippen LogP contribution is -2.39. The maximum Gasteiger partial charge on any atom is 0.231 e. The zero-order chi connectivity index (χ0) is 17.2. The number of hydrogen-bond acceptors (Lipinski definition) is 4. The van der Waals surface area contributed by atoms with Gasteiger partial charge in [0.05, 0.1) is 0 Å². The van der Waals surface area contributed by atoms with Crippen molar-refractivity contribution in [2.75, 3.05) is 40.1 Å². The summed E-state index contributed by atoms with van der Waals surface area (Å²) < 4.78 is 16.3. The quantitative estimate of drug-likeness (QED) is 0.411. The van der Waals surface area contributed by atoms with Gasteiger partial charge in [0, 0.05) is 33.4 Å². The van der Waals surface area contributed by atoms with Crippen molar-refractivity contribution in [2.24, 2.45) is 10.9 Å². The Morgan fingerprint density at radius 1 is 1.21 bits per heavy atom. The molecule has 2 N–H and O–H groups in total. The van der Waals surface area contributed by atoms with Gasteiger partial charge < -0.3 is 24.8 Å². The van der Waals surface area contributed by atoms with Crippen LogP contribution < -0.4 is 20.1 Å². The largest absolute Gasteiger partial charge is 0.454 e. The predicted octanol–water partition coefficient (Wildman–Crippen LogP) is 2.19. The van der Waals surface area contributed by atoms with Crippen LogP contribution in [0.2, 0.25) is 0 Å². The highest BCUT2D eigenvalue weighted by atomic mass is 16.7. The number of nitrogens with zero attached hydrogens (tertiary/aromatic N) is 1. The Bertz CT molecular complexity index is 532. The van der Waals surface area contributed by atoms with E-state index in [2.05, 4.69) is 35.5 Å². The molecule has 1 aliphatic rings. The summed E-state index contributed by atoms with van der Waals surface area (Å²) in [7, 11) is 1.78. The summed E-state index contributed by atoms with van der Waals surface area (Å²) in [6, 6.07) is 6.06. The second-order valence-corrected chi connectivity index (χ2v) is 6.19. The van der Waals surface area contributed by atoms with Crippen molar-refractivity contribution in [3.63, 3.8) is 0 Å². The molecular formula is C18H29N3O3. The third-order valence-electron chi connectivity index (χ3n) is 3.58. The summed E-state index contributed by atoms with van der Waals surface area (Å²) in [6.45, 7) is 7.88. The number of benzene rings is 1. The van der Waals surface area contributed by atoms with E-state index in [1.807, 2.05) is 12.1 Å². The van der Waals surface area contributed by atoms with Crippen LogP contribution in [0.15, 0.2) is 23.2 Å². The van der Waals surface area contributed by atoms with E-state index in [0.29, 0.717) is 12.7 Å². The van der Waals surface area contributed by atoms with Crippen LogP contribution in [0.4, 0.5) is 0 Å². The number of nitrogens with one attached hydrogen (secondary N) is 2. The monoisotopic (exact) mass is 335 g/mol. The zero-order valence-corrected chi connectivity index (χ0v) is 14.9. The van der Waals surface area contributed by atoms with Gasteiger partial charge in [-0.25, -0.2) is 0 Å². The Morgan fingerprint density at radius 2 is 2.00 bits per heavy atom. The summed E-state index contributed by atoms with van der Waals surface area (Å²) in [5.41, 5.74) is 1.21. The molecule has 0 spiro atoms. The van der Waals surface area contributed by atoms with Crippen molar-refractivity contribution in [2.45, 2.75) is 26.7 Å². The number of aliphatic imine (C=N–C) groups is 1. The molecule has 0 saturated heterocycles. The van der Waals surface area contributed by atoms with Crippen molar-refractivity contribution in [3.8, 4) is 11.5 Å². The lowest BCUT2D eigenvalue weighted by Gasteiger charge is -2.12. The SMILES string of the molecule is CN=C(NCCCOCC(C)C)NCCc1ccc2c(c1)OCO2. The Morgan fingerprint density at radius 3 is 2.79 bits per heavy atom. The van der Waals surface area contributed by atoms with E-state index in [1.54, 1.807) is 7.05 Å². The number of hydrogen-bond donors (Lipinski definition) is 2. The number of guanidine groups is 1. The lowest BCUT2D eigenvalue weighted by molar-refractivity contribution is 0.108. The second-order valence-electron chi connectivity index (χ2n) is 6.19. The summed E-state index contributed by atoms with van der Waals surface area (Å²) in [6.07, 6.45) is 1.87. The molecule has 2 rings (SSSR count). The van der Waals surface area contributed by atoms with Crippen LogP contribution in [0.3, 0.4) is 0 Å². The van der Waals surface area contributed by atoms with Gasteiger partial charge in [0.2, 0.25) is 6.79 Å². The maximum atomic E-state index is 5.56. The van der Waals surface area contributed by atoms with Gasteiger partial charge in [-0.2, -0.15) is 0 Å². The molecule has 0 bridgehead atoms. The molecule has 0 amide bonds. The van der Waals surface area contributed by atoms with Gasteiger partial charge in [-0.15, -0.1) is 0 Å². The van der Waals surface area contributed by atoms with E-state index in [0.717, 1.165) is 56.6 Å². The maximum absolute atomic E-state index is 5.56. The fourth-order valence-corrected chi connectivity index (χ4v) is 2.34. The van der Waals surface area contributed by atoms with Gasteiger partial charge in [-0.1, -0.05) is 19.9 Å². The first kappa shape index (κ1) is 18.4. The van der Waals surface area contributed by atoms with Crippen molar-refractivity contribution < 1.29 is 14.2 Å². The summed E-state index contributed by atoms with van der Waals surface area (Å²) >= 11 is 0. The number of rotatable bonds is 9. The summed E-state index contributed by atoms with van der Waals surface area (Å²) in [5, 5.41) is 6.62. The molecule has 24 heavy (non-hydrogen) atoms. The molecule has 1 aromatic rings. The van der Waals surface area contributed by atoms with Crippen molar-refractivity contribution in [1.29, 1.82) is 0 Å². The first-order chi connectivity index (χ1) is 11.7. The molecule has 0 aliphatic carbocycles. The van der Waals surface area contributed by atoms with Gasteiger partial charge >= 0.3 is 0 Å². The van der Waals surface area contributed by atoms with Crippen LogP contribution in [0.1, 0.15) is 25.8 Å². The van der Waals surface area contributed by atoms with Gasteiger partial charge in [0.1, 0.15) is 0 Å². The molecule has 1 heterocycles. The van der Waals surface area contributed by atoms with E-state index in [-0.39, 0.29) is 0 Å². The van der Waals surface area contributed by atoms with E-state index in [9.17, 15) is 0 Å². The van der Waals surface area contributed by atoms with Crippen molar-refractivity contribution in [1.82, 2.24) is 10.6 Å².